The molecule has 0 unspecified atom stereocenters. The van der Waals surface area contributed by atoms with Crippen LogP contribution < -0.4 is 4.74 Å². The number of aryl methyl sites for hydroxylation is 1. The molecule has 0 aliphatic carbocycles. The molecule has 0 bridgehead atoms. The van der Waals surface area contributed by atoms with E-state index in [1.165, 1.54) is 10.9 Å². The molecule has 0 spiro atoms. The quantitative estimate of drug-likeness (QED) is 0.511. The van der Waals surface area contributed by atoms with E-state index in [4.69, 9.17) is 9.47 Å². The summed E-state index contributed by atoms with van der Waals surface area (Å²) in [6.45, 7) is 11.7. The Bertz CT molecular complexity index is 1200. The number of pyridine rings is 1. The maximum atomic E-state index is 6.11. The van der Waals surface area contributed by atoms with Crippen molar-refractivity contribution in [2.75, 3.05) is 39.5 Å². The van der Waals surface area contributed by atoms with Crippen molar-refractivity contribution in [2.24, 2.45) is 0 Å². The van der Waals surface area contributed by atoms with Crippen molar-refractivity contribution in [1.82, 2.24) is 24.5 Å². The number of hydrogen-bond acceptors (Lipinski definition) is 5. The van der Waals surface area contributed by atoms with Gasteiger partial charge in [0.15, 0.2) is 5.65 Å². The van der Waals surface area contributed by atoms with Crippen LogP contribution in [-0.2, 0) is 4.74 Å². The normalized spacial score (nSPS) is 15.4. The zero-order valence-electron chi connectivity index (χ0n) is 18.4. The van der Waals surface area contributed by atoms with E-state index in [0.29, 0.717) is 12.5 Å². The van der Waals surface area contributed by atoms with Gasteiger partial charge < -0.3 is 14.5 Å². The second-order valence-corrected chi connectivity index (χ2v) is 8.52. The number of nitrogens with zero attached hydrogens (tertiary/aromatic N) is 4. The molecular formula is C24H29N5O2. The monoisotopic (exact) mass is 419 g/mol. The molecule has 162 valence electrons. The van der Waals surface area contributed by atoms with Gasteiger partial charge >= 0.3 is 0 Å². The van der Waals surface area contributed by atoms with Crippen molar-refractivity contribution >= 4 is 16.6 Å². The van der Waals surface area contributed by atoms with Crippen molar-refractivity contribution in [3.8, 4) is 17.0 Å². The number of benzene rings is 1. The molecule has 4 heterocycles. The van der Waals surface area contributed by atoms with Crippen molar-refractivity contribution in [2.45, 2.75) is 26.7 Å². The summed E-state index contributed by atoms with van der Waals surface area (Å²) in [5.41, 5.74) is 6.67. The summed E-state index contributed by atoms with van der Waals surface area (Å²) in [5.74, 6) is 1.27. The van der Waals surface area contributed by atoms with Crippen molar-refractivity contribution in [3.63, 3.8) is 0 Å². The smallest absolute Gasteiger partial charge is 0.158 e. The van der Waals surface area contributed by atoms with Gasteiger partial charge in [-0.05, 0) is 48.2 Å². The first-order valence-corrected chi connectivity index (χ1v) is 11.0. The average Bonchev–Trinajstić information content (AvgIpc) is 3.39. The van der Waals surface area contributed by atoms with Crippen LogP contribution in [0.4, 0.5) is 0 Å². The highest BCUT2D eigenvalue weighted by molar-refractivity contribution is 5.92. The fourth-order valence-electron chi connectivity index (χ4n) is 4.46. The molecule has 5 rings (SSSR count). The molecule has 31 heavy (non-hydrogen) atoms. The lowest BCUT2D eigenvalue weighted by Gasteiger charge is -2.26. The molecule has 1 aromatic carbocycles. The van der Waals surface area contributed by atoms with Gasteiger partial charge in [-0.3, -0.25) is 4.90 Å². The van der Waals surface area contributed by atoms with Crippen molar-refractivity contribution in [3.05, 3.63) is 47.9 Å². The summed E-state index contributed by atoms with van der Waals surface area (Å²) < 4.78 is 13.4. The summed E-state index contributed by atoms with van der Waals surface area (Å²) in [6, 6.07) is 8.53. The Labute approximate surface area is 182 Å². The lowest BCUT2D eigenvalue weighted by atomic mass is 9.96. The number of morpholine rings is 1. The molecule has 1 aliphatic heterocycles. The Balaban J connectivity index is 1.46. The number of rotatable bonds is 6. The fraction of sp³-hybridized carbons (Fsp3) is 0.417. The van der Waals surface area contributed by atoms with E-state index in [1.54, 1.807) is 6.33 Å². The number of aromatic nitrogens is 4. The van der Waals surface area contributed by atoms with Gasteiger partial charge in [0.25, 0.3) is 0 Å². The predicted octanol–water partition coefficient (Wildman–Crippen LogP) is 4.02. The van der Waals surface area contributed by atoms with Crippen LogP contribution in [0.3, 0.4) is 0 Å². The summed E-state index contributed by atoms with van der Waals surface area (Å²) in [7, 11) is 0. The van der Waals surface area contributed by atoms with E-state index in [-0.39, 0.29) is 0 Å². The molecule has 0 radical (unpaired) electrons. The largest absolute Gasteiger partial charge is 0.492 e. The van der Waals surface area contributed by atoms with Gasteiger partial charge in [0.1, 0.15) is 18.7 Å². The van der Waals surface area contributed by atoms with Gasteiger partial charge in [-0.15, -0.1) is 0 Å². The molecule has 4 aromatic rings. The Morgan fingerprint density at radius 2 is 2.03 bits per heavy atom. The first-order valence-electron chi connectivity index (χ1n) is 11.0. The van der Waals surface area contributed by atoms with E-state index in [0.717, 1.165) is 66.6 Å². The summed E-state index contributed by atoms with van der Waals surface area (Å²) >= 11 is 0. The molecule has 0 saturated carbocycles. The first kappa shape index (κ1) is 20.0. The van der Waals surface area contributed by atoms with Crippen LogP contribution in [0.1, 0.15) is 30.9 Å². The van der Waals surface area contributed by atoms with Crippen LogP contribution in [0.25, 0.3) is 27.8 Å². The zero-order valence-corrected chi connectivity index (χ0v) is 18.4. The molecule has 3 aromatic heterocycles. The molecule has 0 amide bonds. The van der Waals surface area contributed by atoms with Gasteiger partial charge in [-0.25, -0.2) is 9.50 Å². The lowest BCUT2D eigenvalue weighted by molar-refractivity contribution is 0.0322. The molecule has 1 aliphatic rings. The van der Waals surface area contributed by atoms with Crippen molar-refractivity contribution < 1.29 is 9.47 Å². The summed E-state index contributed by atoms with van der Waals surface area (Å²) in [5, 5.41) is 5.55. The number of nitrogens with one attached hydrogen (secondary N) is 1. The van der Waals surface area contributed by atoms with E-state index in [1.807, 2.05) is 10.7 Å². The standard InChI is InChI=1S/C24H29N5O2/c1-16(2)22-20-13-19(31-11-8-28-6-9-30-10-7-28)4-5-21(20)27-23(22)18-12-17(3)24-25-15-26-29(24)14-18/h4-5,12-16,27H,6-11H2,1-3H3. The molecule has 7 heteroatoms. The molecule has 1 N–H and O–H groups in total. The zero-order chi connectivity index (χ0) is 21.4. The first-order chi connectivity index (χ1) is 15.1. The molecule has 1 saturated heterocycles. The minimum atomic E-state index is 0.360. The topological polar surface area (TPSA) is 67.7 Å². The van der Waals surface area contributed by atoms with Crippen LogP contribution in [0.2, 0.25) is 0 Å². The third kappa shape index (κ3) is 3.91. The Kier molecular flexibility index (Phi) is 5.38. The number of fused-ring (bicyclic) bond motifs is 2. The fourth-order valence-corrected chi connectivity index (χ4v) is 4.46. The van der Waals surface area contributed by atoms with Crippen LogP contribution in [0.15, 0.2) is 36.8 Å². The Morgan fingerprint density at radius 1 is 1.19 bits per heavy atom. The van der Waals surface area contributed by atoms with Crippen molar-refractivity contribution in [1.29, 1.82) is 0 Å². The predicted molar refractivity (Wildman–Crippen MR) is 122 cm³/mol. The van der Waals surface area contributed by atoms with Gasteiger partial charge in [0, 0.05) is 42.3 Å². The third-order valence-electron chi connectivity index (χ3n) is 6.02. The minimum Gasteiger partial charge on any atom is -0.492 e. The Hall–Kier alpha value is -2.90. The van der Waals surface area contributed by atoms with Crippen LogP contribution in [-0.4, -0.2) is 63.9 Å². The van der Waals surface area contributed by atoms with Crippen LogP contribution in [0, 0.1) is 6.92 Å². The van der Waals surface area contributed by atoms with Gasteiger partial charge in [0.05, 0.1) is 18.9 Å². The second-order valence-electron chi connectivity index (χ2n) is 8.52. The third-order valence-corrected chi connectivity index (χ3v) is 6.02. The second kappa shape index (κ2) is 8.32. The average molecular weight is 420 g/mol. The van der Waals surface area contributed by atoms with Crippen LogP contribution in [0.5, 0.6) is 5.75 Å². The molecule has 1 fully saturated rings. The van der Waals surface area contributed by atoms with E-state index in [9.17, 15) is 0 Å². The highest BCUT2D eigenvalue weighted by Gasteiger charge is 2.18. The number of H-pyrrole nitrogens is 1. The molecule has 0 atom stereocenters. The van der Waals surface area contributed by atoms with E-state index < -0.39 is 0 Å². The number of ether oxygens (including phenoxy) is 2. The number of hydrogen-bond donors (Lipinski definition) is 1. The summed E-state index contributed by atoms with van der Waals surface area (Å²) in [6.07, 6.45) is 3.65. The summed E-state index contributed by atoms with van der Waals surface area (Å²) in [4.78, 5) is 10.4. The van der Waals surface area contributed by atoms with E-state index in [2.05, 4.69) is 65.0 Å². The van der Waals surface area contributed by atoms with Gasteiger partial charge in [-0.1, -0.05) is 13.8 Å². The maximum Gasteiger partial charge on any atom is 0.158 e. The maximum absolute atomic E-state index is 6.11. The van der Waals surface area contributed by atoms with Gasteiger partial charge in [-0.2, -0.15) is 5.10 Å². The molecular weight excluding hydrogens is 390 g/mol. The molecule has 7 nitrogen and oxygen atoms in total. The minimum absolute atomic E-state index is 0.360. The lowest BCUT2D eigenvalue weighted by Crippen LogP contribution is -2.38. The number of aromatic amines is 1. The van der Waals surface area contributed by atoms with Gasteiger partial charge in [0.2, 0.25) is 0 Å². The van der Waals surface area contributed by atoms with E-state index >= 15 is 0 Å². The highest BCUT2D eigenvalue weighted by atomic mass is 16.5. The van der Waals surface area contributed by atoms with Crippen LogP contribution >= 0.6 is 0 Å². The SMILES string of the molecule is Cc1cc(-c2[nH]c3ccc(OCCN4CCOCC4)cc3c2C(C)C)cn2ncnc12. The Morgan fingerprint density at radius 3 is 2.84 bits per heavy atom. The highest BCUT2D eigenvalue weighted by Crippen LogP contribution is 2.37.